The summed E-state index contributed by atoms with van der Waals surface area (Å²) >= 11 is 0. The van der Waals surface area contributed by atoms with Crippen molar-refractivity contribution in [3.05, 3.63) is 54.0 Å². The Bertz CT molecular complexity index is 720. The smallest absolute Gasteiger partial charge is 0.321 e. The van der Waals surface area contributed by atoms with E-state index in [1.807, 2.05) is 6.92 Å². The number of methoxy groups -OCH3 is 1. The summed E-state index contributed by atoms with van der Waals surface area (Å²) in [5, 5.41) is 0. The van der Waals surface area contributed by atoms with Crippen molar-refractivity contribution >= 4 is 16.0 Å². The molecule has 1 aromatic carbocycles. The van der Waals surface area contributed by atoms with Crippen LogP contribution in [-0.2, 0) is 26.1 Å². The Hall–Kier alpha value is -2.12. The topological polar surface area (TPSA) is 76.8 Å². The van der Waals surface area contributed by atoms with Gasteiger partial charge in [0.2, 0.25) is 10.0 Å². The number of carbonyl (C=O) groups is 1. The number of benzene rings is 1. The molecule has 0 amide bonds. The summed E-state index contributed by atoms with van der Waals surface area (Å²) in [6.45, 7) is 1.44. The lowest BCUT2D eigenvalue weighted by Gasteiger charge is -2.20. The Kier molecular flexibility index (Phi) is 4.99. The number of hydrogen-bond acceptors (Lipinski definition) is 5. The maximum Gasteiger partial charge on any atom is 0.321 e. The average Bonchev–Trinajstić information content (AvgIpc) is 3.00. The van der Waals surface area contributed by atoms with E-state index in [-0.39, 0.29) is 18.0 Å². The van der Waals surface area contributed by atoms with E-state index in [1.165, 1.54) is 25.5 Å². The molecule has 0 bridgehead atoms. The van der Waals surface area contributed by atoms with Crippen LogP contribution in [0.3, 0.4) is 0 Å². The van der Waals surface area contributed by atoms with Crippen molar-refractivity contribution in [1.82, 2.24) is 4.31 Å². The standard InChI is InChI=1S/C15H17NO5S/c1-12-5-7-14(8-6-12)22(18,19)16(11-15(17)20-2)10-13-4-3-9-21-13/h3-9H,10-11H2,1-2H3. The Balaban J connectivity index is 2.33. The number of rotatable bonds is 6. The molecule has 0 aliphatic heterocycles. The molecule has 2 rings (SSSR count). The van der Waals surface area contributed by atoms with Gasteiger partial charge in [-0.3, -0.25) is 4.79 Å². The normalized spacial score (nSPS) is 11.6. The molecule has 0 unspecified atom stereocenters. The van der Waals surface area contributed by atoms with Crippen LogP contribution in [0.1, 0.15) is 11.3 Å². The van der Waals surface area contributed by atoms with Crippen molar-refractivity contribution in [3.63, 3.8) is 0 Å². The van der Waals surface area contributed by atoms with Crippen LogP contribution in [0, 0.1) is 6.92 Å². The van der Waals surface area contributed by atoms with Crippen molar-refractivity contribution in [1.29, 1.82) is 0 Å². The summed E-state index contributed by atoms with van der Waals surface area (Å²) in [5.74, 6) is -0.193. The summed E-state index contributed by atoms with van der Waals surface area (Å²) in [6.07, 6.45) is 1.45. The highest BCUT2D eigenvalue weighted by Crippen LogP contribution is 2.19. The maximum atomic E-state index is 12.7. The monoisotopic (exact) mass is 323 g/mol. The third-order valence-corrected chi connectivity index (χ3v) is 4.91. The lowest BCUT2D eigenvalue weighted by atomic mass is 10.2. The molecule has 0 radical (unpaired) electrons. The molecule has 1 aromatic heterocycles. The minimum absolute atomic E-state index is 0.0433. The largest absolute Gasteiger partial charge is 0.468 e. The SMILES string of the molecule is COC(=O)CN(Cc1ccco1)S(=O)(=O)c1ccc(C)cc1. The number of furan rings is 1. The number of sulfonamides is 1. The Morgan fingerprint density at radius 2 is 1.91 bits per heavy atom. The second-order valence-electron chi connectivity index (χ2n) is 4.74. The van der Waals surface area contributed by atoms with Gasteiger partial charge in [0.05, 0.1) is 24.8 Å². The van der Waals surface area contributed by atoms with E-state index in [0.717, 1.165) is 9.87 Å². The van der Waals surface area contributed by atoms with Crippen LogP contribution >= 0.6 is 0 Å². The summed E-state index contributed by atoms with van der Waals surface area (Å²) in [5.41, 5.74) is 0.949. The highest BCUT2D eigenvalue weighted by atomic mass is 32.2. The summed E-state index contributed by atoms with van der Waals surface area (Å²) in [6, 6.07) is 9.74. The third kappa shape index (κ3) is 3.75. The summed E-state index contributed by atoms with van der Waals surface area (Å²) < 4.78 is 36.2. The van der Waals surface area contributed by atoms with Crippen molar-refractivity contribution in [3.8, 4) is 0 Å². The fourth-order valence-electron chi connectivity index (χ4n) is 1.87. The minimum atomic E-state index is -3.83. The maximum absolute atomic E-state index is 12.7. The fraction of sp³-hybridized carbons (Fsp3) is 0.267. The van der Waals surface area contributed by atoms with Gasteiger partial charge in [0.1, 0.15) is 12.3 Å². The van der Waals surface area contributed by atoms with Gasteiger partial charge in [-0.05, 0) is 31.2 Å². The van der Waals surface area contributed by atoms with Gasteiger partial charge in [0, 0.05) is 0 Å². The molecule has 7 heteroatoms. The van der Waals surface area contributed by atoms with Gasteiger partial charge in [0.15, 0.2) is 0 Å². The van der Waals surface area contributed by atoms with Gasteiger partial charge >= 0.3 is 5.97 Å². The van der Waals surface area contributed by atoms with E-state index in [1.54, 1.807) is 24.3 Å². The molecule has 0 atom stereocenters. The van der Waals surface area contributed by atoms with E-state index >= 15 is 0 Å². The van der Waals surface area contributed by atoms with E-state index < -0.39 is 16.0 Å². The number of hydrogen-bond donors (Lipinski definition) is 0. The second-order valence-corrected chi connectivity index (χ2v) is 6.68. The zero-order valence-electron chi connectivity index (χ0n) is 12.4. The van der Waals surface area contributed by atoms with Gasteiger partial charge in [-0.15, -0.1) is 0 Å². The second kappa shape index (κ2) is 6.76. The minimum Gasteiger partial charge on any atom is -0.468 e. The van der Waals surface area contributed by atoms with Crippen molar-refractivity contribution in [2.45, 2.75) is 18.4 Å². The molecule has 0 N–H and O–H groups in total. The van der Waals surface area contributed by atoms with Crippen molar-refractivity contribution < 1.29 is 22.4 Å². The molecule has 0 aliphatic rings. The van der Waals surface area contributed by atoms with Gasteiger partial charge in [-0.2, -0.15) is 4.31 Å². The number of aryl methyl sites for hydroxylation is 1. The highest BCUT2D eigenvalue weighted by Gasteiger charge is 2.27. The first-order chi connectivity index (χ1) is 10.4. The van der Waals surface area contributed by atoms with Crippen LogP contribution in [0.2, 0.25) is 0 Å². The number of ether oxygens (including phenoxy) is 1. The van der Waals surface area contributed by atoms with Crippen LogP contribution in [0.15, 0.2) is 52.0 Å². The van der Waals surface area contributed by atoms with Gasteiger partial charge in [-0.1, -0.05) is 17.7 Å². The van der Waals surface area contributed by atoms with Gasteiger partial charge in [0.25, 0.3) is 0 Å². The molecular weight excluding hydrogens is 306 g/mol. The Morgan fingerprint density at radius 1 is 1.23 bits per heavy atom. The molecular formula is C15H17NO5S. The third-order valence-electron chi connectivity index (χ3n) is 3.10. The highest BCUT2D eigenvalue weighted by molar-refractivity contribution is 7.89. The summed E-state index contributed by atoms with van der Waals surface area (Å²) in [4.78, 5) is 11.6. The average molecular weight is 323 g/mol. The first kappa shape index (κ1) is 16.3. The fourth-order valence-corrected chi connectivity index (χ4v) is 3.22. The zero-order valence-corrected chi connectivity index (χ0v) is 13.2. The molecule has 0 saturated heterocycles. The van der Waals surface area contributed by atoms with Gasteiger partial charge < -0.3 is 9.15 Å². The molecule has 6 nitrogen and oxygen atoms in total. The van der Waals surface area contributed by atoms with Crippen LogP contribution in [0.5, 0.6) is 0 Å². The first-order valence-corrected chi connectivity index (χ1v) is 8.03. The molecule has 0 saturated carbocycles. The van der Waals surface area contributed by atoms with E-state index in [4.69, 9.17) is 4.42 Å². The van der Waals surface area contributed by atoms with Crippen molar-refractivity contribution in [2.24, 2.45) is 0 Å². The lowest BCUT2D eigenvalue weighted by molar-refractivity contribution is -0.140. The van der Waals surface area contributed by atoms with E-state index in [0.29, 0.717) is 5.76 Å². The molecule has 22 heavy (non-hydrogen) atoms. The number of nitrogens with zero attached hydrogens (tertiary/aromatic N) is 1. The van der Waals surface area contributed by atoms with Crippen LogP contribution < -0.4 is 0 Å². The Morgan fingerprint density at radius 3 is 2.45 bits per heavy atom. The molecule has 0 spiro atoms. The molecule has 0 fully saturated rings. The van der Waals surface area contributed by atoms with Crippen LogP contribution in [0.4, 0.5) is 0 Å². The number of esters is 1. The zero-order chi connectivity index (χ0) is 16.2. The van der Waals surface area contributed by atoms with Crippen molar-refractivity contribution in [2.75, 3.05) is 13.7 Å². The van der Waals surface area contributed by atoms with E-state index in [9.17, 15) is 13.2 Å². The van der Waals surface area contributed by atoms with Crippen LogP contribution in [0.25, 0.3) is 0 Å². The van der Waals surface area contributed by atoms with Crippen LogP contribution in [-0.4, -0.2) is 32.3 Å². The quantitative estimate of drug-likeness (QED) is 0.759. The van der Waals surface area contributed by atoms with E-state index in [2.05, 4.69) is 4.74 Å². The van der Waals surface area contributed by atoms with Gasteiger partial charge in [-0.25, -0.2) is 8.42 Å². The molecule has 2 aromatic rings. The molecule has 118 valence electrons. The summed E-state index contributed by atoms with van der Waals surface area (Å²) in [7, 11) is -2.61. The Labute approximate surface area is 129 Å². The number of carbonyl (C=O) groups excluding carboxylic acids is 1. The predicted molar refractivity (Wildman–Crippen MR) is 79.5 cm³/mol. The first-order valence-electron chi connectivity index (χ1n) is 6.59. The molecule has 1 heterocycles. The lowest BCUT2D eigenvalue weighted by Crippen LogP contribution is -2.35. The molecule has 0 aliphatic carbocycles. The predicted octanol–water partition coefficient (Wildman–Crippen LogP) is 1.95.